The van der Waals surface area contributed by atoms with Crippen molar-refractivity contribution in [2.45, 2.75) is 12.8 Å². The van der Waals surface area contributed by atoms with E-state index in [-0.39, 0.29) is 30.1 Å². The first-order valence-corrected chi connectivity index (χ1v) is 13.0. The van der Waals surface area contributed by atoms with Gasteiger partial charge in [-0.25, -0.2) is 19.4 Å². The van der Waals surface area contributed by atoms with Gasteiger partial charge in [0.2, 0.25) is 0 Å². The number of nitrogens with one attached hydrogen (secondary N) is 3. The molecule has 0 aliphatic carbocycles. The Balaban J connectivity index is 0.00000387. The molecule has 0 atom stereocenters. The number of benzene rings is 3. The van der Waals surface area contributed by atoms with E-state index >= 15 is 0 Å². The minimum absolute atomic E-state index is 0. The number of carbonyl (C=O) groups excluding carboxylic acids is 2. The fraction of sp³-hybridized carbons (Fsp3) is 0.241. The standard InChI is InChI=1S/C29H31FN8O2.ClH/c1-36-25-12-9-22(18-24(25)33-26(36)13-4-19-2-5-20(6-3-19)27(31)32)29(40)35-38-16-14-37(15-17-38)34-28(39)21-7-10-23(30)11-8-21;/h2-3,5-12,18H,4,13-17H2,1H3,(H3,31,32)(H,34,39)(H,35,40);1H. The van der Waals surface area contributed by atoms with Crippen LogP contribution in [0.4, 0.5) is 4.39 Å². The second-order valence-corrected chi connectivity index (χ2v) is 9.76. The molecular formula is C29H32ClFN8O2. The van der Waals surface area contributed by atoms with Gasteiger partial charge in [0.1, 0.15) is 17.5 Å². The van der Waals surface area contributed by atoms with Gasteiger partial charge >= 0.3 is 0 Å². The highest BCUT2D eigenvalue weighted by Crippen LogP contribution is 2.19. The Morgan fingerprint density at radius 1 is 0.854 bits per heavy atom. The van der Waals surface area contributed by atoms with Crippen molar-refractivity contribution in [1.29, 1.82) is 5.41 Å². The number of hydrazine groups is 2. The maximum absolute atomic E-state index is 13.1. The van der Waals surface area contributed by atoms with Crippen molar-refractivity contribution >= 4 is 41.1 Å². The fourth-order valence-corrected chi connectivity index (χ4v) is 4.67. The number of aryl methyl sites for hydroxylation is 3. The molecule has 10 nitrogen and oxygen atoms in total. The molecule has 41 heavy (non-hydrogen) atoms. The molecule has 0 unspecified atom stereocenters. The number of nitrogens with two attached hydrogens (primary N) is 1. The number of halogens is 2. The average Bonchev–Trinajstić information content (AvgIpc) is 3.28. The third kappa shape index (κ3) is 7.07. The van der Waals surface area contributed by atoms with Crippen LogP contribution < -0.4 is 16.6 Å². The summed E-state index contributed by atoms with van der Waals surface area (Å²) in [5.41, 5.74) is 15.7. The predicted octanol–water partition coefficient (Wildman–Crippen LogP) is 2.81. The molecule has 1 saturated heterocycles. The van der Waals surface area contributed by atoms with Crippen molar-refractivity contribution < 1.29 is 14.0 Å². The van der Waals surface area contributed by atoms with Crippen LogP contribution in [0.15, 0.2) is 66.7 Å². The van der Waals surface area contributed by atoms with Gasteiger partial charge in [0.15, 0.2) is 0 Å². The number of nitrogen functional groups attached to an aromatic ring is 1. The summed E-state index contributed by atoms with van der Waals surface area (Å²) in [6, 6.07) is 18.5. The first-order chi connectivity index (χ1) is 19.3. The second kappa shape index (κ2) is 12.9. The van der Waals surface area contributed by atoms with E-state index in [1.165, 1.54) is 24.3 Å². The van der Waals surface area contributed by atoms with Crippen LogP contribution in [0.5, 0.6) is 0 Å². The zero-order valence-corrected chi connectivity index (χ0v) is 23.4. The Kier molecular flexibility index (Phi) is 9.33. The molecule has 5 N–H and O–H groups in total. The highest BCUT2D eigenvalue weighted by molar-refractivity contribution is 5.97. The van der Waals surface area contributed by atoms with Gasteiger partial charge in [-0.3, -0.25) is 25.8 Å². The molecule has 0 spiro atoms. The van der Waals surface area contributed by atoms with E-state index in [0.717, 1.165) is 35.3 Å². The van der Waals surface area contributed by atoms with Gasteiger partial charge in [-0.1, -0.05) is 24.3 Å². The molecule has 3 aromatic carbocycles. The normalized spacial score (nSPS) is 13.9. The zero-order valence-electron chi connectivity index (χ0n) is 22.6. The van der Waals surface area contributed by atoms with E-state index in [2.05, 4.69) is 10.9 Å². The fourth-order valence-electron chi connectivity index (χ4n) is 4.67. The number of amides is 2. The Morgan fingerprint density at radius 2 is 1.39 bits per heavy atom. The lowest BCUT2D eigenvalue weighted by molar-refractivity contribution is 0.0423. The number of rotatable bonds is 8. The van der Waals surface area contributed by atoms with E-state index in [0.29, 0.717) is 42.9 Å². The number of hydrogen-bond donors (Lipinski definition) is 4. The number of piperazine rings is 1. The van der Waals surface area contributed by atoms with Crippen molar-refractivity contribution in [3.63, 3.8) is 0 Å². The van der Waals surface area contributed by atoms with Crippen molar-refractivity contribution in [3.05, 3.63) is 101 Å². The van der Waals surface area contributed by atoms with Crippen LogP contribution >= 0.6 is 12.4 Å². The van der Waals surface area contributed by atoms with Gasteiger partial charge in [-0.2, -0.15) is 0 Å². The molecule has 2 amide bonds. The summed E-state index contributed by atoms with van der Waals surface area (Å²) in [4.78, 5) is 30.1. The van der Waals surface area contributed by atoms with Crippen molar-refractivity contribution in [2.24, 2.45) is 12.8 Å². The Labute approximate surface area is 243 Å². The molecule has 2 heterocycles. The highest BCUT2D eigenvalue weighted by atomic mass is 35.5. The van der Waals surface area contributed by atoms with Gasteiger partial charge in [-0.05, 0) is 54.4 Å². The van der Waals surface area contributed by atoms with E-state index < -0.39 is 5.82 Å². The van der Waals surface area contributed by atoms with E-state index in [4.69, 9.17) is 16.1 Å². The minimum atomic E-state index is -0.391. The molecule has 0 radical (unpaired) electrons. The molecule has 214 valence electrons. The maximum Gasteiger partial charge on any atom is 0.265 e. The average molecular weight is 579 g/mol. The lowest BCUT2D eigenvalue weighted by Crippen LogP contribution is -2.57. The molecule has 1 fully saturated rings. The molecule has 0 saturated carbocycles. The molecular weight excluding hydrogens is 547 g/mol. The van der Waals surface area contributed by atoms with Crippen LogP contribution in [0.25, 0.3) is 11.0 Å². The lowest BCUT2D eigenvalue weighted by Gasteiger charge is -2.34. The number of amidine groups is 1. The van der Waals surface area contributed by atoms with Crippen LogP contribution in [-0.4, -0.2) is 63.4 Å². The Bertz CT molecular complexity index is 1550. The third-order valence-corrected chi connectivity index (χ3v) is 7.04. The molecule has 12 heteroatoms. The molecule has 4 aromatic rings. The van der Waals surface area contributed by atoms with Gasteiger partial charge in [0, 0.05) is 56.3 Å². The predicted molar refractivity (Wildman–Crippen MR) is 157 cm³/mol. The maximum atomic E-state index is 13.1. The summed E-state index contributed by atoms with van der Waals surface area (Å²) in [6.45, 7) is 2.10. The van der Waals surface area contributed by atoms with Gasteiger partial charge < -0.3 is 10.3 Å². The van der Waals surface area contributed by atoms with Crippen molar-refractivity contribution in [1.82, 2.24) is 30.4 Å². The number of fused-ring (bicyclic) bond motifs is 1. The molecule has 0 bridgehead atoms. The molecule has 1 aromatic heterocycles. The van der Waals surface area contributed by atoms with Crippen molar-refractivity contribution in [3.8, 4) is 0 Å². The largest absolute Gasteiger partial charge is 0.384 e. The lowest BCUT2D eigenvalue weighted by atomic mass is 10.1. The van der Waals surface area contributed by atoms with Gasteiger partial charge in [0.25, 0.3) is 11.8 Å². The van der Waals surface area contributed by atoms with Gasteiger partial charge in [-0.15, -0.1) is 12.4 Å². The smallest absolute Gasteiger partial charge is 0.265 e. The molecule has 1 aliphatic heterocycles. The summed E-state index contributed by atoms with van der Waals surface area (Å²) < 4.78 is 15.1. The minimum Gasteiger partial charge on any atom is -0.384 e. The molecule has 1 aliphatic rings. The summed E-state index contributed by atoms with van der Waals surface area (Å²) in [5.74, 6) is 0.0605. The summed E-state index contributed by atoms with van der Waals surface area (Å²) in [7, 11) is 1.97. The SMILES string of the molecule is Cl.Cn1c(CCc2ccc(C(=N)N)cc2)nc2cc(C(=O)NN3CCN(NC(=O)c4ccc(F)cc4)CC3)ccc21. The van der Waals surface area contributed by atoms with Gasteiger partial charge in [0.05, 0.1) is 11.0 Å². The van der Waals surface area contributed by atoms with Crippen LogP contribution in [-0.2, 0) is 19.9 Å². The quantitative estimate of drug-likeness (QED) is 0.188. The van der Waals surface area contributed by atoms with Crippen molar-refractivity contribution in [2.75, 3.05) is 26.2 Å². The van der Waals surface area contributed by atoms with E-state index in [1.807, 2.05) is 47.0 Å². The van der Waals surface area contributed by atoms with Crippen LogP contribution in [0, 0.1) is 11.2 Å². The molecule has 5 rings (SSSR count). The zero-order chi connectivity index (χ0) is 28.2. The number of hydrogen-bond acceptors (Lipinski definition) is 6. The van der Waals surface area contributed by atoms with Crippen LogP contribution in [0.2, 0.25) is 0 Å². The first-order valence-electron chi connectivity index (χ1n) is 13.0. The van der Waals surface area contributed by atoms with E-state index in [1.54, 1.807) is 17.1 Å². The summed E-state index contributed by atoms with van der Waals surface area (Å²) >= 11 is 0. The highest BCUT2D eigenvalue weighted by Gasteiger charge is 2.21. The summed E-state index contributed by atoms with van der Waals surface area (Å²) in [5, 5.41) is 11.1. The van der Waals surface area contributed by atoms with Crippen LogP contribution in [0.3, 0.4) is 0 Å². The number of nitrogens with zero attached hydrogens (tertiary/aromatic N) is 4. The Hall–Kier alpha value is -4.32. The number of aromatic nitrogens is 2. The second-order valence-electron chi connectivity index (χ2n) is 9.76. The van der Waals surface area contributed by atoms with E-state index in [9.17, 15) is 14.0 Å². The topological polar surface area (TPSA) is 132 Å². The number of carbonyl (C=O) groups is 2. The Morgan fingerprint density at radius 3 is 1.98 bits per heavy atom. The number of imidazole rings is 1. The third-order valence-electron chi connectivity index (χ3n) is 7.04. The van der Waals surface area contributed by atoms with Crippen LogP contribution in [0.1, 0.15) is 37.7 Å². The first kappa shape index (κ1) is 29.7. The monoisotopic (exact) mass is 578 g/mol. The summed E-state index contributed by atoms with van der Waals surface area (Å²) in [6.07, 6.45) is 1.52.